The SMILES string of the molecule is [CH2]c1cccc(C(Br)C=O)c1. The van der Waals surface area contributed by atoms with E-state index in [1.807, 2.05) is 24.3 Å². The van der Waals surface area contributed by atoms with Crippen LogP contribution < -0.4 is 0 Å². The third kappa shape index (κ3) is 2.15. The van der Waals surface area contributed by atoms with Gasteiger partial charge in [-0.25, -0.2) is 0 Å². The lowest BCUT2D eigenvalue weighted by molar-refractivity contribution is -0.107. The van der Waals surface area contributed by atoms with Crippen LogP contribution in [0.4, 0.5) is 0 Å². The van der Waals surface area contributed by atoms with Gasteiger partial charge >= 0.3 is 0 Å². The number of halogens is 1. The van der Waals surface area contributed by atoms with Crippen molar-refractivity contribution in [3.63, 3.8) is 0 Å². The zero-order valence-electron chi connectivity index (χ0n) is 5.96. The highest BCUT2D eigenvalue weighted by Gasteiger charge is 2.03. The fourth-order valence-electron chi connectivity index (χ4n) is 0.843. The summed E-state index contributed by atoms with van der Waals surface area (Å²) in [7, 11) is 0. The fourth-order valence-corrected chi connectivity index (χ4v) is 1.13. The van der Waals surface area contributed by atoms with Crippen molar-refractivity contribution in [1.29, 1.82) is 0 Å². The zero-order chi connectivity index (χ0) is 8.27. The van der Waals surface area contributed by atoms with Crippen molar-refractivity contribution < 1.29 is 4.79 Å². The molecule has 0 aliphatic rings. The van der Waals surface area contributed by atoms with Crippen LogP contribution in [0.5, 0.6) is 0 Å². The largest absolute Gasteiger partial charge is 0.302 e. The molecule has 0 aromatic heterocycles. The molecule has 0 spiro atoms. The maximum atomic E-state index is 10.3. The molecule has 1 atom stereocenters. The summed E-state index contributed by atoms with van der Waals surface area (Å²) in [4.78, 5) is 10.1. The first kappa shape index (κ1) is 8.47. The number of hydrogen-bond acceptors (Lipinski definition) is 1. The second-order valence-electron chi connectivity index (χ2n) is 2.28. The summed E-state index contributed by atoms with van der Waals surface area (Å²) < 4.78 is 0. The summed E-state index contributed by atoms with van der Waals surface area (Å²) in [5, 5.41) is 0. The Balaban J connectivity index is 2.95. The summed E-state index contributed by atoms with van der Waals surface area (Å²) in [6.45, 7) is 3.76. The Bertz CT molecular complexity index is 257. The normalized spacial score (nSPS) is 12.5. The molecule has 1 rings (SSSR count). The van der Waals surface area contributed by atoms with Gasteiger partial charge in [0.05, 0.1) is 4.83 Å². The number of alkyl halides is 1. The molecule has 1 unspecified atom stereocenters. The number of carbonyl (C=O) groups excluding carboxylic acids is 1. The van der Waals surface area contributed by atoms with Gasteiger partial charge in [-0.3, -0.25) is 0 Å². The quantitative estimate of drug-likeness (QED) is 0.543. The molecule has 0 saturated heterocycles. The molecule has 1 aromatic rings. The minimum atomic E-state index is -0.204. The van der Waals surface area contributed by atoms with Gasteiger partial charge in [0.15, 0.2) is 0 Å². The van der Waals surface area contributed by atoms with Gasteiger partial charge in [0.25, 0.3) is 0 Å². The average Bonchev–Trinajstić information content (AvgIpc) is 2.03. The lowest BCUT2D eigenvalue weighted by atomic mass is 10.1. The van der Waals surface area contributed by atoms with Crippen LogP contribution in [0.3, 0.4) is 0 Å². The van der Waals surface area contributed by atoms with Crippen LogP contribution in [0.15, 0.2) is 24.3 Å². The molecular weight excluding hydrogens is 204 g/mol. The predicted octanol–water partition coefficient (Wildman–Crippen LogP) is 2.50. The average molecular weight is 212 g/mol. The number of rotatable bonds is 2. The van der Waals surface area contributed by atoms with E-state index in [2.05, 4.69) is 22.9 Å². The van der Waals surface area contributed by atoms with E-state index in [0.717, 1.165) is 17.4 Å². The topological polar surface area (TPSA) is 17.1 Å². The Kier molecular flexibility index (Phi) is 2.83. The minimum Gasteiger partial charge on any atom is -0.302 e. The molecule has 11 heavy (non-hydrogen) atoms. The molecule has 57 valence electrons. The molecule has 0 bridgehead atoms. The van der Waals surface area contributed by atoms with Crippen LogP contribution in [-0.4, -0.2) is 6.29 Å². The monoisotopic (exact) mass is 211 g/mol. The number of hydrogen-bond donors (Lipinski definition) is 0. The highest BCUT2D eigenvalue weighted by atomic mass is 79.9. The summed E-state index contributed by atoms with van der Waals surface area (Å²) in [6, 6.07) is 7.56. The maximum Gasteiger partial charge on any atom is 0.138 e. The minimum absolute atomic E-state index is 0.204. The Morgan fingerprint density at radius 2 is 2.27 bits per heavy atom. The van der Waals surface area contributed by atoms with Crippen molar-refractivity contribution in [1.82, 2.24) is 0 Å². The van der Waals surface area contributed by atoms with Crippen LogP contribution in [0.1, 0.15) is 16.0 Å². The fraction of sp³-hybridized carbons (Fsp3) is 0.111. The van der Waals surface area contributed by atoms with Crippen molar-refractivity contribution in [3.8, 4) is 0 Å². The first-order valence-corrected chi connectivity index (χ1v) is 4.17. The molecule has 2 heteroatoms. The Hall–Kier alpha value is -0.630. The molecule has 0 aliphatic carbocycles. The van der Waals surface area contributed by atoms with Gasteiger partial charge in [-0.15, -0.1) is 0 Å². The number of carbonyl (C=O) groups is 1. The van der Waals surface area contributed by atoms with Gasteiger partial charge in [0, 0.05) is 0 Å². The van der Waals surface area contributed by atoms with Crippen LogP contribution in [0.2, 0.25) is 0 Å². The lowest BCUT2D eigenvalue weighted by Crippen LogP contribution is -1.90. The summed E-state index contributed by atoms with van der Waals surface area (Å²) in [5.74, 6) is 0. The standard InChI is InChI=1S/C9H8BrO/c1-7-3-2-4-8(5-7)9(10)6-11/h2-6,9H,1H2. The van der Waals surface area contributed by atoms with Crippen LogP contribution >= 0.6 is 15.9 Å². The van der Waals surface area contributed by atoms with E-state index in [1.54, 1.807) is 0 Å². The van der Waals surface area contributed by atoms with Gasteiger partial charge in [0.1, 0.15) is 6.29 Å². The second kappa shape index (κ2) is 3.67. The zero-order valence-corrected chi connectivity index (χ0v) is 7.54. The Labute approximate surface area is 74.6 Å². The number of aldehydes is 1. The molecule has 0 heterocycles. The summed E-state index contributed by atoms with van der Waals surface area (Å²) in [5.41, 5.74) is 1.88. The van der Waals surface area contributed by atoms with Crippen molar-refractivity contribution in [2.24, 2.45) is 0 Å². The highest BCUT2D eigenvalue weighted by molar-refractivity contribution is 9.09. The molecule has 1 radical (unpaired) electrons. The van der Waals surface area contributed by atoms with Crippen molar-refractivity contribution in [2.75, 3.05) is 0 Å². The molecule has 0 amide bonds. The third-order valence-corrected chi connectivity index (χ3v) is 2.13. The molecule has 0 aliphatic heterocycles. The van der Waals surface area contributed by atoms with Gasteiger partial charge in [-0.2, -0.15) is 0 Å². The van der Waals surface area contributed by atoms with Gasteiger partial charge < -0.3 is 4.79 Å². The number of benzene rings is 1. The van der Waals surface area contributed by atoms with E-state index in [0.29, 0.717) is 0 Å². The third-order valence-electron chi connectivity index (χ3n) is 1.39. The highest BCUT2D eigenvalue weighted by Crippen LogP contribution is 2.20. The molecular formula is C9H8BrO. The van der Waals surface area contributed by atoms with Gasteiger partial charge in [-0.05, 0) is 18.1 Å². The van der Waals surface area contributed by atoms with E-state index in [-0.39, 0.29) is 4.83 Å². The predicted molar refractivity (Wildman–Crippen MR) is 48.6 cm³/mol. The van der Waals surface area contributed by atoms with Crippen molar-refractivity contribution in [3.05, 3.63) is 42.3 Å². The van der Waals surface area contributed by atoms with Gasteiger partial charge in [-0.1, -0.05) is 40.2 Å². The smallest absolute Gasteiger partial charge is 0.138 e. The van der Waals surface area contributed by atoms with E-state index in [4.69, 9.17) is 0 Å². The Morgan fingerprint density at radius 3 is 2.82 bits per heavy atom. The van der Waals surface area contributed by atoms with Crippen LogP contribution in [-0.2, 0) is 4.79 Å². The van der Waals surface area contributed by atoms with Crippen LogP contribution in [0.25, 0.3) is 0 Å². The molecule has 0 N–H and O–H groups in total. The van der Waals surface area contributed by atoms with E-state index < -0.39 is 0 Å². The van der Waals surface area contributed by atoms with Crippen LogP contribution in [0, 0.1) is 6.92 Å². The Morgan fingerprint density at radius 1 is 1.55 bits per heavy atom. The first-order valence-electron chi connectivity index (χ1n) is 3.25. The summed E-state index contributed by atoms with van der Waals surface area (Å²) >= 11 is 3.22. The second-order valence-corrected chi connectivity index (χ2v) is 3.27. The van der Waals surface area contributed by atoms with Gasteiger partial charge in [0.2, 0.25) is 0 Å². The molecule has 1 nitrogen and oxygen atoms in total. The van der Waals surface area contributed by atoms with E-state index in [9.17, 15) is 4.79 Å². The maximum absolute atomic E-state index is 10.3. The molecule has 1 aromatic carbocycles. The lowest BCUT2D eigenvalue weighted by Gasteiger charge is -2.01. The van der Waals surface area contributed by atoms with Crippen molar-refractivity contribution >= 4 is 22.2 Å². The molecule has 0 fully saturated rings. The summed E-state index contributed by atoms with van der Waals surface area (Å²) in [6.07, 6.45) is 0.856. The first-order chi connectivity index (χ1) is 5.24. The molecule has 0 saturated carbocycles. The van der Waals surface area contributed by atoms with E-state index in [1.165, 1.54) is 0 Å². The van der Waals surface area contributed by atoms with Crippen molar-refractivity contribution in [2.45, 2.75) is 4.83 Å². The van der Waals surface area contributed by atoms with E-state index >= 15 is 0 Å².